The molecule has 0 radical (unpaired) electrons. The summed E-state index contributed by atoms with van der Waals surface area (Å²) in [6.45, 7) is 9.98. The van der Waals surface area contributed by atoms with Crippen molar-refractivity contribution < 1.29 is 0 Å². The molecular weight excluding hydrogens is 197 g/mol. The average molecular weight is 217 g/mol. The zero-order valence-electron chi connectivity index (χ0n) is 10.6. The number of nitrogens with two attached hydrogens (primary N) is 1. The molecule has 16 heavy (non-hydrogen) atoms. The van der Waals surface area contributed by atoms with Crippen LogP contribution in [0, 0.1) is 10.8 Å². The SMILES string of the molecule is CC1(C)CB(c2cnc(N)nc2)CC1(C)C. The van der Waals surface area contributed by atoms with Gasteiger partial charge >= 0.3 is 0 Å². The lowest BCUT2D eigenvalue weighted by molar-refractivity contribution is 0.177. The van der Waals surface area contributed by atoms with Crippen molar-refractivity contribution in [2.75, 3.05) is 5.73 Å². The summed E-state index contributed by atoms with van der Waals surface area (Å²) in [4.78, 5) is 8.17. The van der Waals surface area contributed by atoms with Crippen LogP contribution in [0.4, 0.5) is 5.95 Å². The van der Waals surface area contributed by atoms with Crippen molar-refractivity contribution in [3.8, 4) is 0 Å². The van der Waals surface area contributed by atoms with E-state index in [0.717, 1.165) is 0 Å². The standard InChI is InChI=1S/C12H20BN3/c1-11(2)7-13(8-12(11,3)4)9-5-15-10(14)16-6-9/h5-6H,7-8H2,1-4H3,(H2,14,15,16). The van der Waals surface area contributed by atoms with Crippen LogP contribution in [0.2, 0.25) is 12.6 Å². The Bertz CT molecular complexity index is 368. The molecule has 1 aliphatic rings. The Morgan fingerprint density at radius 1 is 1.06 bits per heavy atom. The molecule has 2 heterocycles. The van der Waals surface area contributed by atoms with E-state index >= 15 is 0 Å². The number of hydrogen-bond donors (Lipinski definition) is 1. The fraction of sp³-hybridized carbons (Fsp3) is 0.667. The Labute approximate surface area is 97.9 Å². The molecule has 1 fully saturated rings. The third-order valence-electron chi connectivity index (χ3n) is 4.51. The number of anilines is 1. The Morgan fingerprint density at radius 2 is 1.50 bits per heavy atom. The summed E-state index contributed by atoms with van der Waals surface area (Å²) in [5.41, 5.74) is 7.49. The van der Waals surface area contributed by atoms with Gasteiger partial charge in [0, 0.05) is 12.4 Å². The largest absolute Gasteiger partial charge is 0.368 e. The Hall–Kier alpha value is -1.06. The van der Waals surface area contributed by atoms with Gasteiger partial charge in [0.1, 0.15) is 0 Å². The number of hydrogen-bond acceptors (Lipinski definition) is 3. The van der Waals surface area contributed by atoms with E-state index in [4.69, 9.17) is 5.73 Å². The van der Waals surface area contributed by atoms with Crippen LogP contribution in [0.15, 0.2) is 12.4 Å². The molecule has 1 aliphatic heterocycles. The van der Waals surface area contributed by atoms with Crippen LogP contribution in [0.1, 0.15) is 27.7 Å². The van der Waals surface area contributed by atoms with E-state index in [1.807, 2.05) is 12.4 Å². The van der Waals surface area contributed by atoms with E-state index in [1.165, 1.54) is 18.1 Å². The highest BCUT2D eigenvalue weighted by atomic mass is 15.0. The number of nitrogen functional groups attached to an aromatic ring is 1. The van der Waals surface area contributed by atoms with Crippen molar-refractivity contribution in [1.82, 2.24) is 9.97 Å². The first-order valence-corrected chi connectivity index (χ1v) is 5.89. The highest BCUT2D eigenvalue weighted by Gasteiger charge is 2.48. The van der Waals surface area contributed by atoms with Crippen molar-refractivity contribution in [3.63, 3.8) is 0 Å². The van der Waals surface area contributed by atoms with Crippen LogP contribution in [-0.2, 0) is 0 Å². The van der Waals surface area contributed by atoms with Crippen LogP contribution in [0.25, 0.3) is 0 Å². The van der Waals surface area contributed by atoms with Gasteiger partial charge in [-0.05, 0) is 16.3 Å². The molecule has 0 aliphatic carbocycles. The van der Waals surface area contributed by atoms with E-state index in [-0.39, 0.29) is 0 Å². The molecule has 1 aromatic heterocycles. The van der Waals surface area contributed by atoms with Crippen LogP contribution in [0.3, 0.4) is 0 Å². The third kappa shape index (κ3) is 1.81. The fourth-order valence-electron chi connectivity index (χ4n) is 2.65. The third-order valence-corrected chi connectivity index (χ3v) is 4.51. The molecule has 2 N–H and O–H groups in total. The van der Waals surface area contributed by atoms with E-state index < -0.39 is 0 Å². The summed E-state index contributed by atoms with van der Waals surface area (Å²) in [5, 5.41) is 0. The predicted octanol–water partition coefficient (Wildman–Crippen LogP) is 1.83. The van der Waals surface area contributed by atoms with Gasteiger partial charge in [0.2, 0.25) is 5.95 Å². The molecule has 0 aromatic carbocycles. The first kappa shape index (κ1) is 11.4. The zero-order chi connectivity index (χ0) is 12.0. The molecule has 1 aromatic rings. The highest BCUT2D eigenvalue weighted by molar-refractivity contribution is 6.74. The number of rotatable bonds is 1. The molecule has 0 unspecified atom stereocenters. The van der Waals surface area contributed by atoms with Gasteiger partial charge in [-0.1, -0.05) is 40.3 Å². The quantitative estimate of drug-likeness (QED) is 0.730. The average Bonchev–Trinajstić information content (AvgIpc) is 2.37. The molecule has 2 rings (SSSR count). The van der Waals surface area contributed by atoms with E-state index in [1.54, 1.807) is 0 Å². The zero-order valence-corrected chi connectivity index (χ0v) is 10.6. The second kappa shape index (κ2) is 3.47. The molecular formula is C12H20BN3. The maximum absolute atomic E-state index is 5.51. The molecule has 0 spiro atoms. The second-order valence-electron chi connectivity index (χ2n) is 6.25. The number of aromatic nitrogens is 2. The lowest BCUT2D eigenvalue weighted by atomic mass is 9.43. The Kier molecular flexibility index (Phi) is 2.48. The molecule has 86 valence electrons. The monoisotopic (exact) mass is 217 g/mol. The fourth-order valence-corrected chi connectivity index (χ4v) is 2.65. The molecule has 0 saturated carbocycles. The van der Waals surface area contributed by atoms with Gasteiger partial charge in [-0.25, -0.2) is 9.97 Å². The normalized spacial score (nSPS) is 22.4. The molecule has 0 bridgehead atoms. The highest BCUT2D eigenvalue weighted by Crippen LogP contribution is 2.52. The first-order chi connectivity index (χ1) is 7.32. The topological polar surface area (TPSA) is 51.8 Å². The molecule has 1 saturated heterocycles. The maximum Gasteiger partial charge on any atom is 0.219 e. The minimum Gasteiger partial charge on any atom is -0.368 e. The van der Waals surface area contributed by atoms with Gasteiger partial charge < -0.3 is 5.73 Å². The van der Waals surface area contributed by atoms with Crippen LogP contribution < -0.4 is 11.2 Å². The van der Waals surface area contributed by atoms with E-state index in [0.29, 0.717) is 23.5 Å². The van der Waals surface area contributed by atoms with Crippen molar-refractivity contribution in [2.45, 2.75) is 40.3 Å². The first-order valence-electron chi connectivity index (χ1n) is 5.89. The second-order valence-corrected chi connectivity index (χ2v) is 6.25. The van der Waals surface area contributed by atoms with Crippen molar-refractivity contribution in [2.24, 2.45) is 10.8 Å². The van der Waals surface area contributed by atoms with Gasteiger partial charge in [0.05, 0.1) is 0 Å². The summed E-state index contributed by atoms with van der Waals surface area (Å²) in [5.74, 6) is 0.361. The summed E-state index contributed by atoms with van der Waals surface area (Å²) in [6.07, 6.45) is 6.16. The number of nitrogens with zero attached hydrogens (tertiary/aromatic N) is 2. The molecule has 3 nitrogen and oxygen atoms in total. The van der Waals surface area contributed by atoms with E-state index in [2.05, 4.69) is 37.7 Å². The van der Waals surface area contributed by atoms with Gasteiger partial charge in [-0.15, -0.1) is 0 Å². The van der Waals surface area contributed by atoms with E-state index in [9.17, 15) is 0 Å². The molecule has 0 atom stereocenters. The van der Waals surface area contributed by atoms with Crippen molar-refractivity contribution >= 4 is 18.1 Å². The Morgan fingerprint density at radius 3 is 1.94 bits per heavy atom. The summed E-state index contributed by atoms with van der Waals surface area (Å²) in [6, 6.07) is 0. The Balaban J connectivity index is 2.23. The van der Waals surface area contributed by atoms with Gasteiger partial charge in [0.25, 0.3) is 0 Å². The molecule has 4 heteroatoms. The lowest BCUT2D eigenvalue weighted by Gasteiger charge is -2.35. The minimum absolute atomic E-state index is 0.361. The summed E-state index contributed by atoms with van der Waals surface area (Å²) >= 11 is 0. The minimum atomic E-state index is 0.361. The van der Waals surface area contributed by atoms with Gasteiger partial charge in [-0.2, -0.15) is 0 Å². The lowest BCUT2D eigenvalue weighted by Crippen LogP contribution is -2.29. The van der Waals surface area contributed by atoms with Crippen LogP contribution >= 0.6 is 0 Å². The smallest absolute Gasteiger partial charge is 0.219 e. The predicted molar refractivity (Wildman–Crippen MR) is 69.0 cm³/mol. The maximum atomic E-state index is 5.51. The van der Waals surface area contributed by atoms with Gasteiger partial charge in [0.15, 0.2) is 6.71 Å². The molecule has 0 amide bonds. The summed E-state index contributed by atoms with van der Waals surface area (Å²) < 4.78 is 0. The van der Waals surface area contributed by atoms with Crippen LogP contribution in [-0.4, -0.2) is 16.7 Å². The van der Waals surface area contributed by atoms with Crippen molar-refractivity contribution in [3.05, 3.63) is 12.4 Å². The van der Waals surface area contributed by atoms with Gasteiger partial charge in [-0.3, -0.25) is 0 Å². The van der Waals surface area contributed by atoms with Crippen LogP contribution in [0.5, 0.6) is 0 Å². The summed E-state index contributed by atoms with van der Waals surface area (Å²) in [7, 11) is 0. The van der Waals surface area contributed by atoms with Crippen molar-refractivity contribution in [1.29, 1.82) is 0 Å².